The summed E-state index contributed by atoms with van der Waals surface area (Å²) in [7, 11) is 0. The molecule has 0 aromatic heterocycles. The highest BCUT2D eigenvalue weighted by Crippen LogP contribution is 2.58. The molecule has 0 heterocycles. The lowest BCUT2D eigenvalue weighted by Crippen LogP contribution is -2.53. The molecule has 2 saturated carbocycles. The van der Waals surface area contributed by atoms with Crippen LogP contribution in [0.1, 0.15) is 52.4 Å². The molecule has 2 aliphatic rings. The molecule has 2 heteroatoms. The third-order valence-corrected chi connectivity index (χ3v) is 4.95. The Hall–Kier alpha value is -0.0800. The van der Waals surface area contributed by atoms with Crippen molar-refractivity contribution in [2.24, 2.45) is 11.3 Å². The molecular weight excluding hydrogens is 176 g/mol. The van der Waals surface area contributed by atoms with E-state index in [4.69, 9.17) is 0 Å². The summed E-state index contributed by atoms with van der Waals surface area (Å²) in [6.45, 7) is 3.92. The van der Waals surface area contributed by atoms with Gasteiger partial charge in [0.25, 0.3) is 0 Å². The summed E-state index contributed by atoms with van der Waals surface area (Å²) >= 11 is 0. The minimum Gasteiger partial charge on any atom is -0.390 e. The maximum Gasteiger partial charge on any atom is 0.0958 e. The summed E-state index contributed by atoms with van der Waals surface area (Å²) in [6.07, 6.45) is 6.13. The van der Waals surface area contributed by atoms with E-state index in [-0.39, 0.29) is 5.41 Å². The quantitative estimate of drug-likeness (QED) is 0.677. The van der Waals surface area contributed by atoms with E-state index in [0.29, 0.717) is 5.92 Å². The van der Waals surface area contributed by atoms with E-state index in [1.165, 1.54) is 19.3 Å². The summed E-state index contributed by atoms with van der Waals surface area (Å²) in [5.41, 5.74) is -0.850. The van der Waals surface area contributed by atoms with Gasteiger partial charge in [-0.15, -0.1) is 0 Å². The molecule has 82 valence electrons. The molecule has 2 nitrogen and oxygen atoms in total. The molecule has 2 N–H and O–H groups in total. The first kappa shape index (κ1) is 10.4. The molecule has 2 aliphatic carbocycles. The van der Waals surface area contributed by atoms with Crippen LogP contribution in [-0.2, 0) is 0 Å². The van der Waals surface area contributed by atoms with E-state index in [1.807, 2.05) is 0 Å². The molecule has 0 aromatic rings. The Bertz CT molecular complexity index is 226. The van der Waals surface area contributed by atoms with Crippen LogP contribution in [0.2, 0.25) is 0 Å². The van der Waals surface area contributed by atoms with Crippen LogP contribution in [0, 0.1) is 11.3 Å². The molecule has 0 amide bonds. The van der Waals surface area contributed by atoms with E-state index in [2.05, 4.69) is 6.92 Å². The van der Waals surface area contributed by atoms with Crippen molar-refractivity contribution in [1.82, 2.24) is 0 Å². The Morgan fingerprint density at radius 2 is 1.93 bits per heavy atom. The molecule has 0 saturated heterocycles. The first-order valence-corrected chi connectivity index (χ1v) is 5.91. The predicted molar refractivity (Wildman–Crippen MR) is 55.9 cm³/mol. The van der Waals surface area contributed by atoms with Gasteiger partial charge in [-0.05, 0) is 38.5 Å². The van der Waals surface area contributed by atoms with Crippen molar-refractivity contribution < 1.29 is 10.2 Å². The van der Waals surface area contributed by atoms with Crippen molar-refractivity contribution in [3.05, 3.63) is 0 Å². The largest absolute Gasteiger partial charge is 0.390 e. The molecule has 4 atom stereocenters. The van der Waals surface area contributed by atoms with Gasteiger partial charge in [-0.25, -0.2) is 0 Å². The molecule has 14 heavy (non-hydrogen) atoms. The SMILES string of the molecule is CC(O)[C@@]1(O)CC[C@H]2CCCC[C@@]21C. The molecule has 2 rings (SSSR count). The highest BCUT2D eigenvalue weighted by atomic mass is 16.3. The third kappa shape index (κ3) is 1.17. The standard InChI is InChI=1S/C12H22O2/c1-9(13)12(14)8-6-10-5-3-4-7-11(10,12)2/h9-10,13-14H,3-8H2,1-2H3/t9?,10-,11+,12+/m1/s1. The summed E-state index contributed by atoms with van der Waals surface area (Å²) < 4.78 is 0. The summed E-state index contributed by atoms with van der Waals surface area (Å²) in [5.74, 6) is 0.635. The molecular formula is C12H22O2. The smallest absolute Gasteiger partial charge is 0.0958 e. The van der Waals surface area contributed by atoms with Gasteiger partial charge in [0.05, 0.1) is 11.7 Å². The number of fused-ring (bicyclic) bond motifs is 1. The van der Waals surface area contributed by atoms with E-state index in [0.717, 1.165) is 19.3 Å². The number of hydrogen-bond donors (Lipinski definition) is 2. The first-order valence-electron chi connectivity index (χ1n) is 5.91. The van der Waals surface area contributed by atoms with E-state index >= 15 is 0 Å². The minimum absolute atomic E-state index is 0.0284. The van der Waals surface area contributed by atoms with Crippen LogP contribution in [-0.4, -0.2) is 21.9 Å². The van der Waals surface area contributed by atoms with E-state index in [9.17, 15) is 10.2 Å². The number of rotatable bonds is 1. The van der Waals surface area contributed by atoms with Gasteiger partial charge in [0.1, 0.15) is 0 Å². The average Bonchev–Trinajstić information content (AvgIpc) is 2.41. The maximum absolute atomic E-state index is 10.6. The van der Waals surface area contributed by atoms with Crippen molar-refractivity contribution >= 4 is 0 Å². The van der Waals surface area contributed by atoms with E-state index in [1.54, 1.807) is 6.92 Å². The lowest BCUT2D eigenvalue weighted by molar-refractivity contribution is -0.149. The zero-order valence-electron chi connectivity index (χ0n) is 9.29. The Morgan fingerprint density at radius 1 is 1.21 bits per heavy atom. The Morgan fingerprint density at radius 3 is 2.57 bits per heavy atom. The normalized spacial score (nSPS) is 50.1. The topological polar surface area (TPSA) is 40.5 Å². The van der Waals surface area contributed by atoms with Crippen LogP contribution in [0.15, 0.2) is 0 Å². The molecule has 0 radical (unpaired) electrons. The predicted octanol–water partition coefficient (Wildman–Crippen LogP) is 2.09. The Labute approximate surface area is 86.3 Å². The molecule has 0 spiro atoms. The summed E-state index contributed by atoms with van der Waals surface area (Å²) in [4.78, 5) is 0. The zero-order chi connectivity index (χ0) is 10.4. The van der Waals surface area contributed by atoms with Crippen LogP contribution in [0.5, 0.6) is 0 Å². The highest BCUT2D eigenvalue weighted by molar-refractivity contribution is 5.09. The molecule has 2 fully saturated rings. The fourth-order valence-corrected chi connectivity index (χ4v) is 3.80. The minimum atomic E-state index is -0.821. The van der Waals surface area contributed by atoms with Crippen molar-refractivity contribution in [2.45, 2.75) is 64.1 Å². The molecule has 0 aliphatic heterocycles. The van der Waals surface area contributed by atoms with Gasteiger partial charge < -0.3 is 10.2 Å². The fraction of sp³-hybridized carbons (Fsp3) is 1.00. The van der Waals surface area contributed by atoms with Gasteiger partial charge in [0, 0.05) is 5.41 Å². The van der Waals surface area contributed by atoms with Gasteiger partial charge >= 0.3 is 0 Å². The molecule has 1 unspecified atom stereocenters. The second kappa shape index (κ2) is 3.21. The van der Waals surface area contributed by atoms with Crippen molar-refractivity contribution in [3.63, 3.8) is 0 Å². The fourth-order valence-electron chi connectivity index (χ4n) is 3.80. The monoisotopic (exact) mass is 198 g/mol. The number of aliphatic hydroxyl groups is 2. The van der Waals surface area contributed by atoms with Crippen LogP contribution < -0.4 is 0 Å². The molecule has 0 bridgehead atoms. The van der Waals surface area contributed by atoms with Gasteiger partial charge in [-0.1, -0.05) is 19.8 Å². The van der Waals surface area contributed by atoms with Gasteiger partial charge in [-0.2, -0.15) is 0 Å². The average molecular weight is 198 g/mol. The Kier molecular flexibility index (Phi) is 2.39. The third-order valence-electron chi connectivity index (χ3n) is 4.95. The van der Waals surface area contributed by atoms with Crippen LogP contribution in [0.25, 0.3) is 0 Å². The van der Waals surface area contributed by atoms with Crippen molar-refractivity contribution in [1.29, 1.82) is 0 Å². The van der Waals surface area contributed by atoms with Crippen LogP contribution in [0.4, 0.5) is 0 Å². The zero-order valence-corrected chi connectivity index (χ0v) is 9.29. The van der Waals surface area contributed by atoms with Crippen LogP contribution >= 0.6 is 0 Å². The lowest BCUT2D eigenvalue weighted by atomic mass is 9.62. The van der Waals surface area contributed by atoms with E-state index < -0.39 is 11.7 Å². The van der Waals surface area contributed by atoms with Gasteiger partial charge in [0.2, 0.25) is 0 Å². The lowest BCUT2D eigenvalue weighted by Gasteiger charge is -2.47. The van der Waals surface area contributed by atoms with Gasteiger partial charge in [0.15, 0.2) is 0 Å². The summed E-state index contributed by atoms with van der Waals surface area (Å²) in [5, 5.41) is 20.3. The maximum atomic E-state index is 10.6. The molecule has 0 aromatic carbocycles. The van der Waals surface area contributed by atoms with Crippen molar-refractivity contribution in [2.75, 3.05) is 0 Å². The number of aliphatic hydroxyl groups excluding tert-OH is 1. The van der Waals surface area contributed by atoms with Gasteiger partial charge in [-0.3, -0.25) is 0 Å². The summed E-state index contributed by atoms with van der Waals surface area (Å²) in [6, 6.07) is 0. The second-order valence-electron chi connectivity index (χ2n) is 5.50. The number of hydrogen-bond acceptors (Lipinski definition) is 2. The highest BCUT2D eigenvalue weighted by Gasteiger charge is 2.58. The Balaban J connectivity index is 2.29. The van der Waals surface area contributed by atoms with Crippen molar-refractivity contribution in [3.8, 4) is 0 Å². The second-order valence-corrected chi connectivity index (χ2v) is 5.50. The first-order chi connectivity index (χ1) is 6.51. The van der Waals surface area contributed by atoms with Crippen LogP contribution in [0.3, 0.4) is 0 Å².